The van der Waals surface area contributed by atoms with Gasteiger partial charge in [-0.3, -0.25) is 4.79 Å². The summed E-state index contributed by atoms with van der Waals surface area (Å²) in [6.45, 7) is 6.11. The van der Waals surface area contributed by atoms with Crippen LogP contribution >= 0.6 is 11.3 Å². The first-order valence-electron chi connectivity index (χ1n) is 5.25. The van der Waals surface area contributed by atoms with E-state index in [1.54, 1.807) is 0 Å². The van der Waals surface area contributed by atoms with Gasteiger partial charge >= 0.3 is 0 Å². The fourth-order valence-corrected chi connectivity index (χ4v) is 2.42. The summed E-state index contributed by atoms with van der Waals surface area (Å²) < 4.78 is 0. The van der Waals surface area contributed by atoms with Gasteiger partial charge in [-0.05, 0) is 55.0 Å². The predicted octanol–water partition coefficient (Wildman–Crippen LogP) is 3.90. The number of hydrogen-bond acceptors (Lipinski definition) is 2. The van der Waals surface area contributed by atoms with Crippen molar-refractivity contribution in [1.82, 2.24) is 0 Å². The summed E-state index contributed by atoms with van der Waals surface area (Å²) in [4.78, 5) is 13.0. The molecule has 0 saturated heterocycles. The molecule has 2 heteroatoms. The summed E-state index contributed by atoms with van der Waals surface area (Å²) in [5.74, 6) is 0.135. The van der Waals surface area contributed by atoms with Gasteiger partial charge in [0.05, 0.1) is 4.88 Å². The average molecular weight is 230 g/mol. The third-order valence-corrected chi connectivity index (χ3v) is 3.70. The lowest BCUT2D eigenvalue weighted by Crippen LogP contribution is -2.02. The minimum atomic E-state index is 0.135. The minimum Gasteiger partial charge on any atom is -0.288 e. The molecule has 0 aliphatic heterocycles. The Kier molecular flexibility index (Phi) is 2.92. The Labute approximate surface area is 99.8 Å². The first-order valence-corrected chi connectivity index (χ1v) is 6.13. The van der Waals surface area contributed by atoms with Crippen molar-refractivity contribution in [3.63, 3.8) is 0 Å². The van der Waals surface area contributed by atoms with Crippen molar-refractivity contribution in [2.45, 2.75) is 20.8 Å². The van der Waals surface area contributed by atoms with Gasteiger partial charge in [0, 0.05) is 5.56 Å². The Hall–Kier alpha value is -1.41. The van der Waals surface area contributed by atoms with Crippen LogP contribution in [-0.4, -0.2) is 5.78 Å². The number of ketones is 1. The second kappa shape index (κ2) is 4.22. The van der Waals surface area contributed by atoms with Crippen LogP contribution < -0.4 is 0 Å². The van der Waals surface area contributed by atoms with Crippen LogP contribution in [0.2, 0.25) is 0 Å². The van der Waals surface area contributed by atoms with Gasteiger partial charge in [-0.15, -0.1) is 11.3 Å². The average Bonchev–Trinajstić information content (AvgIpc) is 2.75. The Morgan fingerprint density at radius 3 is 2.38 bits per heavy atom. The van der Waals surface area contributed by atoms with Crippen molar-refractivity contribution in [1.29, 1.82) is 0 Å². The summed E-state index contributed by atoms with van der Waals surface area (Å²) in [7, 11) is 0. The maximum Gasteiger partial charge on any atom is 0.203 e. The quantitative estimate of drug-likeness (QED) is 0.715. The fourth-order valence-electron chi connectivity index (χ4n) is 1.75. The number of carbonyl (C=O) groups is 1. The Bertz CT molecular complexity index is 524. The van der Waals surface area contributed by atoms with Gasteiger partial charge in [-0.2, -0.15) is 0 Å². The highest BCUT2D eigenvalue weighted by Crippen LogP contribution is 2.21. The Morgan fingerprint density at radius 1 is 1.06 bits per heavy atom. The van der Waals surface area contributed by atoms with Gasteiger partial charge in [0.15, 0.2) is 0 Å². The van der Waals surface area contributed by atoms with Gasteiger partial charge in [-0.1, -0.05) is 12.1 Å². The van der Waals surface area contributed by atoms with E-state index in [9.17, 15) is 4.79 Å². The zero-order valence-electron chi connectivity index (χ0n) is 9.70. The smallest absolute Gasteiger partial charge is 0.203 e. The first kappa shape index (κ1) is 11.1. The highest BCUT2D eigenvalue weighted by Gasteiger charge is 2.13. The van der Waals surface area contributed by atoms with E-state index >= 15 is 0 Å². The molecule has 0 unspecified atom stereocenters. The van der Waals surface area contributed by atoms with Crippen LogP contribution in [0.3, 0.4) is 0 Å². The van der Waals surface area contributed by atoms with Crippen molar-refractivity contribution < 1.29 is 4.79 Å². The molecule has 0 saturated carbocycles. The predicted molar refractivity (Wildman–Crippen MR) is 68.4 cm³/mol. The van der Waals surface area contributed by atoms with Gasteiger partial charge in [0.1, 0.15) is 0 Å². The summed E-state index contributed by atoms with van der Waals surface area (Å²) in [5, 5.41) is 1.93. The van der Waals surface area contributed by atoms with E-state index in [0.29, 0.717) is 0 Å². The van der Waals surface area contributed by atoms with E-state index in [1.165, 1.54) is 22.5 Å². The van der Waals surface area contributed by atoms with E-state index in [4.69, 9.17) is 0 Å². The molecule has 0 fully saturated rings. The van der Waals surface area contributed by atoms with Gasteiger partial charge in [0.25, 0.3) is 0 Å². The Morgan fingerprint density at radius 2 is 1.75 bits per heavy atom. The van der Waals surface area contributed by atoms with Crippen LogP contribution in [0.4, 0.5) is 0 Å². The van der Waals surface area contributed by atoms with E-state index in [2.05, 4.69) is 13.0 Å². The molecular weight excluding hydrogens is 216 g/mol. The molecule has 2 aromatic rings. The summed E-state index contributed by atoms with van der Waals surface area (Å²) in [5.41, 5.74) is 4.29. The molecule has 0 radical (unpaired) electrons. The SMILES string of the molecule is Cc1cc(C)c(C(=O)c2cccs2)cc1C. The number of carbonyl (C=O) groups excluding carboxylic acids is 1. The van der Waals surface area contributed by atoms with Crippen molar-refractivity contribution >= 4 is 17.1 Å². The number of hydrogen-bond donors (Lipinski definition) is 0. The molecule has 0 atom stereocenters. The molecule has 1 heterocycles. The third-order valence-electron chi connectivity index (χ3n) is 2.83. The second-order valence-corrected chi connectivity index (χ2v) is 5.01. The van der Waals surface area contributed by atoms with Crippen molar-refractivity contribution in [3.05, 3.63) is 56.8 Å². The zero-order chi connectivity index (χ0) is 11.7. The topological polar surface area (TPSA) is 17.1 Å². The lowest BCUT2D eigenvalue weighted by Gasteiger charge is -2.07. The number of aryl methyl sites for hydroxylation is 3. The molecule has 16 heavy (non-hydrogen) atoms. The highest BCUT2D eigenvalue weighted by atomic mass is 32.1. The van der Waals surface area contributed by atoms with E-state index in [0.717, 1.165) is 16.0 Å². The summed E-state index contributed by atoms with van der Waals surface area (Å²) in [6.07, 6.45) is 0. The van der Waals surface area contributed by atoms with Crippen LogP contribution in [-0.2, 0) is 0 Å². The molecule has 0 spiro atoms. The van der Waals surface area contributed by atoms with E-state index in [1.807, 2.05) is 37.4 Å². The molecule has 1 aromatic heterocycles. The largest absolute Gasteiger partial charge is 0.288 e. The molecule has 82 valence electrons. The molecule has 0 bridgehead atoms. The van der Waals surface area contributed by atoms with Crippen molar-refractivity contribution in [2.24, 2.45) is 0 Å². The maximum absolute atomic E-state index is 12.2. The Balaban J connectivity index is 2.49. The normalized spacial score (nSPS) is 10.4. The maximum atomic E-state index is 12.2. The van der Waals surface area contributed by atoms with Crippen LogP contribution in [0.15, 0.2) is 29.6 Å². The molecule has 1 aromatic carbocycles. The first-order chi connectivity index (χ1) is 7.59. The van der Waals surface area contributed by atoms with Gasteiger partial charge in [0.2, 0.25) is 5.78 Å². The molecule has 0 aliphatic rings. The second-order valence-electron chi connectivity index (χ2n) is 4.06. The third kappa shape index (κ3) is 1.93. The van der Waals surface area contributed by atoms with Gasteiger partial charge in [-0.25, -0.2) is 0 Å². The van der Waals surface area contributed by atoms with Crippen LogP contribution in [0, 0.1) is 20.8 Å². The monoisotopic (exact) mass is 230 g/mol. The molecule has 0 N–H and O–H groups in total. The van der Waals surface area contributed by atoms with E-state index < -0.39 is 0 Å². The van der Waals surface area contributed by atoms with Crippen molar-refractivity contribution in [2.75, 3.05) is 0 Å². The zero-order valence-corrected chi connectivity index (χ0v) is 10.5. The van der Waals surface area contributed by atoms with Crippen LogP contribution in [0.25, 0.3) is 0 Å². The molecule has 1 nitrogen and oxygen atoms in total. The lowest BCUT2D eigenvalue weighted by atomic mass is 9.97. The fraction of sp³-hybridized carbons (Fsp3) is 0.214. The molecule has 2 rings (SSSR count). The number of thiophene rings is 1. The molecular formula is C14H14OS. The lowest BCUT2D eigenvalue weighted by molar-refractivity contribution is 0.104. The molecule has 0 amide bonds. The standard InChI is InChI=1S/C14H14OS/c1-9-7-11(3)12(8-10(9)2)14(15)13-5-4-6-16-13/h4-8H,1-3H3. The van der Waals surface area contributed by atoms with Crippen LogP contribution in [0.5, 0.6) is 0 Å². The number of benzene rings is 1. The minimum absolute atomic E-state index is 0.135. The summed E-state index contributed by atoms with van der Waals surface area (Å²) in [6, 6.07) is 7.86. The van der Waals surface area contributed by atoms with E-state index in [-0.39, 0.29) is 5.78 Å². The van der Waals surface area contributed by atoms with Gasteiger partial charge < -0.3 is 0 Å². The number of rotatable bonds is 2. The van der Waals surface area contributed by atoms with Crippen LogP contribution in [0.1, 0.15) is 31.9 Å². The summed E-state index contributed by atoms with van der Waals surface area (Å²) >= 11 is 1.50. The van der Waals surface area contributed by atoms with Crippen molar-refractivity contribution in [3.8, 4) is 0 Å². The highest BCUT2D eigenvalue weighted by molar-refractivity contribution is 7.12. The molecule has 0 aliphatic carbocycles.